The van der Waals surface area contributed by atoms with E-state index in [0.717, 1.165) is 5.56 Å². The van der Waals surface area contributed by atoms with Crippen molar-refractivity contribution in [3.05, 3.63) is 76.9 Å². The van der Waals surface area contributed by atoms with Crippen LogP contribution in [0.4, 0.5) is 11.4 Å². The number of sulfonamides is 2. The molecule has 0 unspecified atom stereocenters. The summed E-state index contributed by atoms with van der Waals surface area (Å²) in [6, 6.07) is 14.3. The number of aryl methyl sites for hydroxylation is 4. The molecule has 2 N–H and O–H groups in total. The average molecular weight is 475 g/mol. The highest BCUT2D eigenvalue weighted by molar-refractivity contribution is 7.93. The van der Waals surface area contributed by atoms with Gasteiger partial charge in [0.25, 0.3) is 20.0 Å². The van der Waals surface area contributed by atoms with Crippen molar-refractivity contribution >= 4 is 31.4 Å². The minimum atomic E-state index is -3.94. The van der Waals surface area contributed by atoms with Gasteiger partial charge in [-0.05, 0) is 80.8 Å². The van der Waals surface area contributed by atoms with E-state index in [1.165, 1.54) is 19.2 Å². The van der Waals surface area contributed by atoms with Gasteiger partial charge in [0.05, 0.1) is 22.6 Å². The average Bonchev–Trinajstić information content (AvgIpc) is 2.68. The second-order valence-electron chi connectivity index (χ2n) is 7.64. The van der Waals surface area contributed by atoms with Crippen molar-refractivity contribution in [3.8, 4) is 5.75 Å². The maximum Gasteiger partial charge on any atom is 0.262 e. The van der Waals surface area contributed by atoms with Crippen molar-refractivity contribution in [3.63, 3.8) is 0 Å². The van der Waals surface area contributed by atoms with Crippen LogP contribution in [0.3, 0.4) is 0 Å². The fraction of sp³-hybridized carbons (Fsp3) is 0.217. The molecule has 0 saturated heterocycles. The molecule has 0 amide bonds. The monoisotopic (exact) mass is 474 g/mol. The molecule has 0 radical (unpaired) electrons. The van der Waals surface area contributed by atoms with Crippen LogP contribution >= 0.6 is 0 Å². The van der Waals surface area contributed by atoms with E-state index in [0.29, 0.717) is 28.1 Å². The molecule has 9 heteroatoms. The number of rotatable bonds is 7. The molecule has 170 valence electrons. The maximum absolute atomic E-state index is 13.1. The molecule has 0 spiro atoms. The summed E-state index contributed by atoms with van der Waals surface area (Å²) in [4.78, 5) is 0.126. The Morgan fingerprint density at radius 2 is 1.28 bits per heavy atom. The van der Waals surface area contributed by atoms with E-state index < -0.39 is 20.0 Å². The molecule has 0 saturated carbocycles. The van der Waals surface area contributed by atoms with Gasteiger partial charge in [-0.15, -0.1) is 0 Å². The standard InChI is InChI=1S/C23H26N2O5S2/c1-15-12-17(3)23(18(4)13-15)32(28,29)25-22-14-21(11-6-16(22)2)31(26,27)24-19-7-9-20(30-5)10-8-19/h6-14,24-25H,1-5H3. The third kappa shape index (κ3) is 5.05. The summed E-state index contributed by atoms with van der Waals surface area (Å²) < 4.78 is 62.2. The van der Waals surface area contributed by atoms with Crippen LogP contribution in [0.2, 0.25) is 0 Å². The lowest BCUT2D eigenvalue weighted by Gasteiger charge is -2.16. The zero-order valence-electron chi connectivity index (χ0n) is 18.6. The van der Waals surface area contributed by atoms with Crippen LogP contribution in [0.5, 0.6) is 5.75 Å². The van der Waals surface area contributed by atoms with Gasteiger partial charge in [-0.2, -0.15) is 0 Å². The second-order valence-corrected chi connectivity index (χ2v) is 10.9. The summed E-state index contributed by atoms with van der Waals surface area (Å²) in [5.41, 5.74) is 3.36. The van der Waals surface area contributed by atoms with Crippen LogP contribution in [-0.4, -0.2) is 23.9 Å². The minimum absolute atomic E-state index is 0.0611. The molecular weight excluding hydrogens is 448 g/mol. The van der Waals surface area contributed by atoms with E-state index in [9.17, 15) is 16.8 Å². The lowest BCUT2D eigenvalue weighted by Crippen LogP contribution is -2.18. The molecule has 0 bridgehead atoms. The van der Waals surface area contributed by atoms with Crippen LogP contribution in [0.25, 0.3) is 0 Å². The Labute approximate surface area is 189 Å². The Morgan fingerprint density at radius 3 is 1.84 bits per heavy atom. The molecule has 0 fully saturated rings. The van der Waals surface area contributed by atoms with Crippen LogP contribution < -0.4 is 14.2 Å². The fourth-order valence-corrected chi connectivity index (χ4v) is 6.20. The van der Waals surface area contributed by atoms with Gasteiger partial charge in [0.1, 0.15) is 5.75 Å². The van der Waals surface area contributed by atoms with Crippen LogP contribution in [0, 0.1) is 27.7 Å². The summed E-state index contributed by atoms with van der Waals surface area (Å²) in [6.07, 6.45) is 0. The number of hydrogen-bond acceptors (Lipinski definition) is 5. The van der Waals surface area contributed by atoms with Gasteiger partial charge in [0, 0.05) is 5.69 Å². The van der Waals surface area contributed by atoms with Crippen molar-refractivity contribution in [2.75, 3.05) is 16.6 Å². The van der Waals surface area contributed by atoms with E-state index in [1.54, 1.807) is 63.2 Å². The first-order chi connectivity index (χ1) is 14.9. The number of hydrogen-bond donors (Lipinski definition) is 2. The lowest BCUT2D eigenvalue weighted by molar-refractivity contribution is 0.415. The molecule has 3 rings (SSSR count). The summed E-state index contributed by atoms with van der Waals surface area (Å²) in [5.74, 6) is 0.599. The quantitative estimate of drug-likeness (QED) is 0.524. The highest BCUT2D eigenvalue weighted by atomic mass is 32.2. The largest absolute Gasteiger partial charge is 0.497 e. The first-order valence-corrected chi connectivity index (χ1v) is 12.8. The van der Waals surface area contributed by atoms with E-state index in [-0.39, 0.29) is 15.5 Å². The third-order valence-corrected chi connectivity index (χ3v) is 8.03. The van der Waals surface area contributed by atoms with Crippen molar-refractivity contribution in [2.45, 2.75) is 37.5 Å². The zero-order chi connectivity index (χ0) is 23.7. The second kappa shape index (κ2) is 8.84. The molecule has 32 heavy (non-hydrogen) atoms. The van der Waals surface area contributed by atoms with Gasteiger partial charge in [-0.3, -0.25) is 9.44 Å². The number of ether oxygens (including phenoxy) is 1. The number of benzene rings is 3. The summed E-state index contributed by atoms with van der Waals surface area (Å²) in [6.45, 7) is 7.08. The van der Waals surface area contributed by atoms with Gasteiger partial charge >= 0.3 is 0 Å². The molecule has 0 atom stereocenters. The Bertz CT molecular complexity index is 1340. The first-order valence-electron chi connectivity index (χ1n) is 9.81. The van der Waals surface area contributed by atoms with E-state index >= 15 is 0 Å². The molecule has 7 nitrogen and oxygen atoms in total. The van der Waals surface area contributed by atoms with Gasteiger partial charge in [-0.25, -0.2) is 16.8 Å². The smallest absolute Gasteiger partial charge is 0.262 e. The lowest BCUT2D eigenvalue weighted by atomic mass is 10.1. The molecule has 3 aromatic rings. The van der Waals surface area contributed by atoms with E-state index in [4.69, 9.17) is 4.74 Å². The van der Waals surface area contributed by atoms with Crippen molar-refractivity contribution in [1.29, 1.82) is 0 Å². The van der Waals surface area contributed by atoms with Gasteiger partial charge in [0.15, 0.2) is 0 Å². The fourth-order valence-electron chi connectivity index (χ4n) is 3.54. The predicted octanol–water partition coefficient (Wildman–Crippen LogP) is 4.53. The topological polar surface area (TPSA) is 102 Å². The molecular formula is C23H26N2O5S2. The normalized spacial score (nSPS) is 11.8. The summed E-state index contributed by atoms with van der Waals surface area (Å²) in [5, 5.41) is 0. The maximum atomic E-state index is 13.1. The van der Waals surface area contributed by atoms with Crippen LogP contribution in [-0.2, 0) is 20.0 Å². The van der Waals surface area contributed by atoms with Crippen LogP contribution in [0.1, 0.15) is 22.3 Å². The Balaban J connectivity index is 1.94. The number of nitrogens with one attached hydrogen (secondary N) is 2. The molecule has 0 aliphatic heterocycles. The van der Waals surface area contributed by atoms with Gasteiger partial charge < -0.3 is 4.74 Å². The van der Waals surface area contributed by atoms with Crippen molar-refractivity contribution in [2.24, 2.45) is 0 Å². The van der Waals surface area contributed by atoms with E-state index in [1.807, 2.05) is 6.92 Å². The van der Waals surface area contributed by atoms with Crippen molar-refractivity contribution in [1.82, 2.24) is 0 Å². The highest BCUT2D eigenvalue weighted by Crippen LogP contribution is 2.28. The predicted molar refractivity (Wildman–Crippen MR) is 126 cm³/mol. The number of methoxy groups -OCH3 is 1. The Hall–Kier alpha value is -3.04. The minimum Gasteiger partial charge on any atom is -0.497 e. The molecule has 0 aliphatic rings. The summed E-state index contributed by atoms with van der Waals surface area (Å²) >= 11 is 0. The van der Waals surface area contributed by atoms with Gasteiger partial charge in [-0.1, -0.05) is 23.8 Å². The third-order valence-electron chi connectivity index (χ3n) is 4.98. The zero-order valence-corrected chi connectivity index (χ0v) is 20.2. The Morgan fingerprint density at radius 1 is 0.688 bits per heavy atom. The molecule has 0 aromatic heterocycles. The SMILES string of the molecule is COc1ccc(NS(=O)(=O)c2ccc(C)c(NS(=O)(=O)c3c(C)cc(C)cc3C)c2)cc1. The highest BCUT2D eigenvalue weighted by Gasteiger charge is 2.22. The van der Waals surface area contributed by atoms with Gasteiger partial charge in [0.2, 0.25) is 0 Å². The molecule has 3 aromatic carbocycles. The van der Waals surface area contributed by atoms with E-state index in [2.05, 4.69) is 9.44 Å². The first kappa shape index (κ1) is 23.6. The summed E-state index contributed by atoms with van der Waals surface area (Å²) in [7, 11) is -6.34. The molecule has 0 heterocycles. The molecule has 0 aliphatic carbocycles. The number of anilines is 2. The Kier molecular flexibility index (Phi) is 6.52. The van der Waals surface area contributed by atoms with Crippen molar-refractivity contribution < 1.29 is 21.6 Å². The van der Waals surface area contributed by atoms with Crippen LogP contribution in [0.15, 0.2) is 64.4 Å².